The molecule has 3 aromatic rings. The van der Waals surface area contributed by atoms with Gasteiger partial charge in [0.25, 0.3) is 5.91 Å². The fourth-order valence-corrected chi connectivity index (χ4v) is 2.67. The van der Waals surface area contributed by atoms with E-state index in [1.54, 1.807) is 13.0 Å². The highest BCUT2D eigenvalue weighted by Crippen LogP contribution is 2.27. The lowest BCUT2D eigenvalue weighted by Gasteiger charge is -1.97. The maximum atomic E-state index is 12.0. The molecule has 0 aliphatic heterocycles. The van der Waals surface area contributed by atoms with Gasteiger partial charge < -0.3 is 9.63 Å². The van der Waals surface area contributed by atoms with Gasteiger partial charge in [-0.3, -0.25) is 10.1 Å². The smallest absolute Gasteiger partial charge is 0.335 e. The molecule has 2 heterocycles. The zero-order chi connectivity index (χ0) is 15.0. The second kappa shape index (κ2) is 4.98. The lowest BCUT2D eigenvalue weighted by molar-refractivity contribution is 0.0697. The molecule has 2 aromatic heterocycles. The molecule has 2 N–H and O–H groups in total. The molecule has 1 aromatic carbocycles. The van der Waals surface area contributed by atoms with Crippen LogP contribution in [0.5, 0.6) is 0 Å². The summed E-state index contributed by atoms with van der Waals surface area (Å²) in [6.45, 7) is 1.71. The summed E-state index contributed by atoms with van der Waals surface area (Å²) in [6, 6.07) is 4.59. The number of aromatic carboxylic acids is 1. The number of fused-ring (bicyclic) bond motifs is 1. The average Bonchev–Trinajstić information content (AvgIpc) is 3.02. The molecular formula is C13H9N3O4S. The van der Waals surface area contributed by atoms with Gasteiger partial charge in [0, 0.05) is 5.56 Å². The van der Waals surface area contributed by atoms with Crippen LogP contribution in [-0.4, -0.2) is 27.1 Å². The summed E-state index contributed by atoms with van der Waals surface area (Å²) in [7, 11) is 0. The van der Waals surface area contributed by atoms with E-state index in [4.69, 9.17) is 9.63 Å². The standard InChI is InChI=1S/C13H9N3O4S/c1-6-5-14-20-10(6)11(17)16-13-15-8-3-2-7(12(18)19)4-9(8)21-13/h2-5H,1H3,(H,18,19)(H,15,16,17). The number of carboxylic acids is 1. The molecule has 0 bridgehead atoms. The van der Waals surface area contributed by atoms with Crippen LogP contribution in [0.15, 0.2) is 28.9 Å². The van der Waals surface area contributed by atoms with Gasteiger partial charge in [-0.15, -0.1) is 0 Å². The van der Waals surface area contributed by atoms with Crippen LogP contribution in [0.1, 0.15) is 26.5 Å². The third-order valence-corrected chi connectivity index (χ3v) is 3.74. The van der Waals surface area contributed by atoms with Crippen molar-refractivity contribution in [3.05, 3.63) is 41.3 Å². The summed E-state index contributed by atoms with van der Waals surface area (Å²) in [5, 5.41) is 15.5. The molecule has 21 heavy (non-hydrogen) atoms. The highest BCUT2D eigenvalue weighted by atomic mass is 32.1. The highest BCUT2D eigenvalue weighted by molar-refractivity contribution is 7.22. The van der Waals surface area contributed by atoms with E-state index in [-0.39, 0.29) is 11.3 Å². The van der Waals surface area contributed by atoms with E-state index in [1.807, 2.05) is 0 Å². The molecule has 1 amide bonds. The summed E-state index contributed by atoms with van der Waals surface area (Å²) >= 11 is 1.19. The van der Waals surface area contributed by atoms with E-state index in [0.717, 1.165) is 0 Å². The molecule has 0 saturated carbocycles. The van der Waals surface area contributed by atoms with Crippen LogP contribution in [0.2, 0.25) is 0 Å². The summed E-state index contributed by atoms with van der Waals surface area (Å²) in [4.78, 5) is 27.1. The quantitative estimate of drug-likeness (QED) is 0.770. The molecule has 0 spiro atoms. The largest absolute Gasteiger partial charge is 0.478 e. The monoisotopic (exact) mass is 303 g/mol. The average molecular weight is 303 g/mol. The molecule has 0 saturated heterocycles. The number of hydrogen-bond acceptors (Lipinski definition) is 6. The molecule has 0 aliphatic rings. The summed E-state index contributed by atoms with van der Waals surface area (Å²) in [5.41, 5.74) is 1.42. The van der Waals surface area contributed by atoms with Crippen LogP contribution < -0.4 is 5.32 Å². The molecule has 3 rings (SSSR count). The first-order valence-corrected chi connectivity index (χ1v) is 6.73. The molecule has 7 nitrogen and oxygen atoms in total. The van der Waals surface area contributed by atoms with Gasteiger partial charge in [-0.05, 0) is 25.1 Å². The number of amides is 1. The number of hydrogen-bond donors (Lipinski definition) is 2. The Labute approximate surface area is 122 Å². The first-order valence-electron chi connectivity index (χ1n) is 5.91. The molecule has 0 radical (unpaired) electrons. The van der Waals surface area contributed by atoms with Crippen molar-refractivity contribution >= 4 is 38.6 Å². The van der Waals surface area contributed by atoms with Crippen LogP contribution in [-0.2, 0) is 0 Å². The number of aromatic nitrogens is 2. The number of anilines is 1. The molecule has 0 atom stereocenters. The zero-order valence-corrected chi connectivity index (χ0v) is 11.6. The second-order valence-electron chi connectivity index (χ2n) is 4.30. The Morgan fingerprint density at radius 3 is 2.86 bits per heavy atom. The van der Waals surface area contributed by atoms with Gasteiger partial charge in [0.1, 0.15) is 0 Å². The lowest BCUT2D eigenvalue weighted by atomic mass is 10.2. The molecule has 106 valence electrons. The Hall–Kier alpha value is -2.74. The van der Waals surface area contributed by atoms with Crippen molar-refractivity contribution in [1.82, 2.24) is 10.1 Å². The predicted octanol–water partition coefficient (Wildman–Crippen LogP) is 2.54. The van der Waals surface area contributed by atoms with E-state index in [9.17, 15) is 9.59 Å². The zero-order valence-electron chi connectivity index (χ0n) is 10.8. The molecular weight excluding hydrogens is 294 g/mol. The lowest BCUT2D eigenvalue weighted by Crippen LogP contribution is -2.11. The number of carboxylic acid groups (broad SMARTS) is 1. The number of rotatable bonds is 3. The van der Waals surface area contributed by atoms with E-state index in [0.29, 0.717) is 20.9 Å². The third kappa shape index (κ3) is 2.48. The van der Waals surface area contributed by atoms with Gasteiger partial charge in [0.2, 0.25) is 5.76 Å². The van der Waals surface area contributed by atoms with Crippen LogP contribution in [0, 0.1) is 6.92 Å². The van der Waals surface area contributed by atoms with Crippen molar-refractivity contribution in [2.24, 2.45) is 0 Å². The number of thiazole rings is 1. The maximum absolute atomic E-state index is 12.0. The van der Waals surface area contributed by atoms with Crippen molar-refractivity contribution in [3.8, 4) is 0 Å². The van der Waals surface area contributed by atoms with Gasteiger partial charge in [-0.1, -0.05) is 16.5 Å². The number of aryl methyl sites for hydroxylation is 1. The van der Waals surface area contributed by atoms with Crippen LogP contribution in [0.4, 0.5) is 5.13 Å². The van der Waals surface area contributed by atoms with Gasteiger partial charge in [-0.2, -0.15) is 0 Å². The minimum Gasteiger partial charge on any atom is -0.478 e. The normalized spacial score (nSPS) is 10.7. The fraction of sp³-hybridized carbons (Fsp3) is 0.0769. The first-order chi connectivity index (χ1) is 10.0. The van der Waals surface area contributed by atoms with Crippen LogP contribution in [0.25, 0.3) is 10.2 Å². The first kappa shape index (κ1) is 13.3. The van der Waals surface area contributed by atoms with E-state index in [2.05, 4.69) is 15.5 Å². The Morgan fingerprint density at radius 1 is 1.38 bits per heavy atom. The Morgan fingerprint density at radius 2 is 2.19 bits per heavy atom. The number of benzene rings is 1. The molecule has 0 unspecified atom stereocenters. The SMILES string of the molecule is Cc1cnoc1C(=O)Nc1nc2ccc(C(=O)O)cc2s1. The highest BCUT2D eigenvalue weighted by Gasteiger charge is 2.16. The maximum Gasteiger partial charge on any atom is 0.335 e. The van der Waals surface area contributed by atoms with Crippen molar-refractivity contribution in [2.75, 3.05) is 5.32 Å². The van der Waals surface area contributed by atoms with Crippen molar-refractivity contribution < 1.29 is 19.2 Å². The predicted molar refractivity (Wildman–Crippen MR) is 75.8 cm³/mol. The Kier molecular flexibility index (Phi) is 3.15. The van der Waals surface area contributed by atoms with E-state index in [1.165, 1.54) is 29.7 Å². The van der Waals surface area contributed by atoms with Crippen LogP contribution in [0.3, 0.4) is 0 Å². The Balaban J connectivity index is 1.89. The summed E-state index contributed by atoms with van der Waals surface area (Å²) < 4.78 is 5.54. The van der Waals surface area contributed by atoms with Crippen molar-refractivity contribution in [2.45, 2.75) is 6.92 Å². The van der Waals surface area contributed by atoms with Gasteiger partial charge in [-0.25, -0.2) is 9.78 Å². The third-order valence-electron chi connectivity index (χ3n) is 2.81. The summed E-state index contributed by atoms with van der Waals surface area (Å²) in [5.74, 6) is -1.32. The number of nitrogens with zero attached hydrogens (tertiary/aromatic N) is 2. The minimum atomic E-state index is -1.01. The Bertz CT molecular complexity index is 852. The van der Waals surface area contributed by atoms with E-state index >= 15 is 0 Å². The summed E-state index contributed by atoms with van der Waals surface area (Å²) in [6.07, 6.45) is 1.45. The van der Waals surface area contributed by atoms with Crippen LogP contribution >= 0.6 is 11.3 Å². The molecule has 8 heteroatoms. The molecule has 0 aliphatic carbocycles. The van der Waals surface area contributed by atoms with Gasteiger partial charge in [0.15, 0.2) is 5.13 Å². The number of nitrogens with one attached hydrogen (secondary N) is 1. The van der Waals surface area contributed by atoms with Crippen molar-refractivity contribution in [3.63, 3.8) is 0 Å². The van der Waals surface area contributed by atoms with Crippen molar-refractivity contribution in [1.29, 1.82) is 0 Å². The number of carbonyl (C=O) groups excluding carboxylic acids is 1. The minimum absolute atomic E-state index is 0.125. The molecule has 0 fully saturated rings. The topological polar surface area (TPSA) is 105 Å². The fourth-order valence-electron chi connectivity index (χ4n) is 1.77. The second-order valence-corrected chi connectivity index (χ2v) is 5.33. The number of carbonyl (C=O) groups is 2. The van der Waals surface area contributed by atoms with Gasteiger partial charge in [0.05, 0.1) is 22.0 Å². The van der Waals surface area contributed by atoms with Gasteiger partial charge >= 0.3 is 5.97 Å². The van der Waals surface area contributed by atoms with E-state index < -0.39 is 11.9 Å².